The Morgan fingerprint density at radius 1 is 1.10 bits per heavy atom. The van der Waals surface area contributed by atoms with Crippen LogP contribution in [0.4, 0.5) is 0 Å². The molecule has 0 spiro atoms. The molecule has 1 aliphatic heterocycles. The molecule has 1 aliphatic carbocycles. The number of aliphatic hydroxyl groups is 7. The molecule has 7 N–H and O–H groups in total. The van der Waals surface area contributed by atoms with Gasteiger partial charge in [0.2, 0.25) is 0 Å². The lowest BCUT2D eigenvalue weighted by atomic mass is 9.56. The van der Waals surface area contributed by atoms with Crippen molar-refractivity contribution in [3.8, 4) is 0 Å². The predicted octanol–water partition coefficient (Wildman–Crippen LogP) is -2.41. The van der Waals surface area contributed by atoms with Crippen molar-refractivity contribution in [2.75, 3.05) is 6.61 Å². The summed E-state index contributed by atoms with van der Waals surface area (Å²) in [5.74, 6) is -0.359. The summed E-state index contributed by atoms with van der Waals surface area (Å²) in [4.78, 5) is 11.4. The van der Waals surface area contributed by atoms with Gasteiger partial charge in [0, 0.05) is 5.41 Å². The molecule has 2 aliphatic rings. The van der Waals surface area contributed by atoms with E-state index >= 15 is 0 Å². The van der Waals surface area contributed by atoms with E-state index in [0.29, 0.717) is 0 Å². The molecule has 10 nitrogen and oxygen atoms in total. The summed E-state index contributed by atoms with van der Waals surface area (Å²) in [6.07, 6.45) is -8.47. The Labute approximate surface area is 169 Å². The van der Waals surface area contributed by atoms with Gasteiger partial charge in [-0.1, -0.05) is 13.8 Å². The van der Waals surface area contributed by atoms with Crippen LogP contribution in [-0.2, 0) is 14.3 Å². The summed E-state index contributed by atoms with van der Waals surface area (Å²) in [7, 11) is 0. The van der Waals surface area contributed by atoms with Crippen molar-refractivity contribution in [1.82, 2.24) is 0 Å². The summed E-state index contributed by atoms with van der Waals surface area (Å²) in [6, 6.07) is 0. The van der Waals surface area contributed by atoms with E-state index in [1.165, 1.54) is 13.8 Å². The minimum atomic E-state index is -2.15. The van der Waals surface area contributed by atoms with Gasteiger partial charge in [-0.25, -0.2) is 0 Å². The van der Waals surface area contributed by atoms with Gasteiger partial charge in [-0.2, -0.15) is 0 Å². The van der Waals surface area contributed by atoms with Crippen LogP contribution in [-0.4, -0.2) is 102 Å². The third-order valence-corrected chi connectivity index (χ3v) is 6.11. The number of carbonyl (C=O) groups is 1. The number of rotatable bonds is 5. The lowest BCUT2D eigenvalue weighted by molar-refractivity contribution is -0.355. The van der Waals surface area contributed by atoms with Crippen LogP contribution in [0.3, 0.4) is 0 Å². The zero-order valence-corrected chi connectivity index (χ0v) is 17.0. The van der Waals surface area contributed by atoms with Crippen LogP contribution in [0, 0.1) is 5.41 Å². The van der Waals surface area contributed by atoms with Crippen LogP contribution < -0.4 is 0 Å². The number of aliphatic hydroxyl groups excluding tert-OH is 5. The maximum atomic E-state index is 11.4. The summed E-state index contributed by atoms with van der Waals surface area (Å²) in [6.45, 7) is 5.04. The lowest BCUT2D eigenvalue weighted by Crippen LogP contribution is -2.73. The standard InChI is InChI=1S/C19H32O10/c1-9(21)5-6-19(27)17(2,3)7-10(22)15(18(19,4)26)29-16-14(25)13(24)12(23)11(8-20)28-16/h5-6,10-16,20,22-27H,7-8H2,1-4H3. The summed E-state index contributed by atoms with van der Waals surface area (Å²) < 4.78 is 10.9. The van der Waals surface area contributed by atoms with Crippen molar-refractivity contribution in [3.05, 3.63) is 12.2 Å². The third-order valence-electron chi connectivity index (χ3n) is 6.11. The molecule has 0 bridgehead atoms. The quantitative estimate of drug-likeness (QED) is 0.237. The maximum Gasteiger partial charge on any atom is 0.187 e. The highest BCUT2D eigenvalue weighted by molar-refractivity contribution is 5.87. The number of hydrogen-bond donors (Lipinski definition) is 7. The van der Waals surface area contributed by atoms with Gasteiger partial charge in [0.15, 0.2) is 12.1 Å². The number of hydrogen-bond acceptors (Lipinski definition) is 10. The van der Waals surface area contributed by atoms with E-state index in [-0.39, 0.29) is 12.2 Å². The van der Waals surface area contributed by atoms with Crippen LogP contribution >= 0.6 is 0 Å². The Bertz CT molecular complexity index is 630. The number of carbonyl (C=O) groups excluding carboxylic acids is 1. The van der Waals surface area contributed by atoms with E-state index in [1.807, 2.05) is 0 Å². The number of ketones is 1. The molecule has 9 atom stereocenters. The topological polar surface area (TPSA) is 177 Å². The van der Waals surface area contributed by atoms with Crippen LogP contribution in [0.2, 0.25) is 0 Å². The van der Waals surface area contributed by atoms with Crippen LogP contribution in [0.1, 0.15) is 34.1 Å². The second-order valence-corrected chi connectivity index (χ2v) is 8.77. The second kappa shape index (κ2) is 8.29. The predicted molar refractivity (Wildman–Crippen MR) is 98.4 cm³/mol. The Hall–Kier alpha value is -0.950. The van der Waals surface area contributed by atoms with E-state index in [0.717, 1.165) is 12.2 Å². The Kier molecular flexibility index (Phi) is 6.95. The second-order valence-electron chi connectivity index (χ2n) is 8.77. The molecule has 2 rings (SSSR count). The van der Waals surface area contributed by atoms with Gasteiger partial charge >= 0.3 is 0 Å². The zero-order chi connectivity index (χ0) is 22.4. The molecule has 1 heterocycles. The first kappa shape index (κ1) is 24.3. The Morgan fingerprint density at radius 2 is 1.69 bits per heavy atom. The molecule has 0 amide bonds. The van der Waals surface area contributed by atoms with Gasteiger partial charge in [-0.15, -0.1) is 0 Å². The summed E-state index contributed by atoms with van der Waals surface area (Å²) in [5, 5.41) is 72.5. The van der Waals surface area contributed by atoms with Gasteiger partial charge < -0.3 is 45.2 Å². The monoisotopic (exact) mass is 420 g/mol. The Morgan fingerprint density at radius 3 is 2.21 bits per heavy atom. The third kappa shape index (κ3) is 4.14. The van der Waals surface area contributed by atoms with Gasteiger partial charge in [-0.3, -0.25) is 4.79 Å². The van der Waals surface area contributed by atoms with E-state index < -0.39 is 66.1 Å². The highest BCUT2D eigenvalue weighted by Gasteiger charge is 2.65. The molecule has 1 saturated heterocycles. The van der Waals surface area contributed by atoms with Crippen molar-refractivity contribution < 1.29 is 50.0 Å². The van der Waals surface area contributed by atoms with E-state index in [1.54, 1.807) is 13.8 Å². The molecule has 1 saturated carbocycles. The largest absolute Gasteiger partial charge is 0.394 e. The minimum absolute atomic E-state index is 0.0377. The van der Waals surface area contributed by atoms with Crippen molar-refractivity contribution in [2.24, 2.45) is 5.41 Å². The molecule has 2 fully saturated rings. The molecule has 0 radical (unpaired) electrons. The molecule has 0 aromatic carbocycles. The fourth-order valence-electron chi connectivity index (χ4n) is 4.24. The van der Waals surface area contributed by atoms with Crippen molar-refractivity contribution in [2.45, 2.75) is 88.2 Å². The van der Waals surface area contributed by atoms with E-state index in [9.17, 15) is 40.5 Å². The van der Waals surface area contributed by atoms with Gasteiger partial charge in [0.1, 0.15) is 41.7 Å². The fraction of sp³-hybridized carbons (Fsp3) is 0.842. The smallest absolute Gasteiger partial charge is 0.187 e. The summed E-state index contributed by atoms with van der Waals surface area (Å²) >= 11 is 0. The SMILES string of the molecule is CC(=O)C=CC1(O)C(C)(C)CC(O)C(OC2OC(CO)C(O)C(O)C2O)C1(C)O. The first-order chi connectivity index (χ1) is 13.2. The summed E-state index contributed by atoms with van der Waals surface area (Å²) in [5.41, 5.74) is -5.24. The lowest BCUT2D eigenvalue weighted by Gasteiger charge is -2.58. The van der Waals surface area contributed by atoms with Gasteiger partial charge in [0.05, 0.1) is 12.7 Å². The Balaban J connectivity index is 2.38. The molecule has 168 valence electrons. The van der Waals surface area contributed by atoms with Crippen molar-refractivity contribution in [3.63, 3.8) is 0 Å². The average Bonchev–Trinajstić information content (AvgIpc) is 2.61. The number of allylic oxidation sites excluding steroid dienone is 1. The first-order valence-electron chi connectivity index (χ1n) is 9.48. The van der Waals surface area contributed by atoms with Crippen LogP contribution in [0.25, 0.3) is 0 Å². The molecule has 0 aromatic heterocycles. The zero-order valence-electron chi connectivity index (χ0n) is 17.0. The van der Waals surface area contributed by atoms with E-state index in [4.69, 9.17) is 9.47 Å². The first-order valence-corrected chi connectivity index (χ1v) is 9.48. The molecular weight excluding hydrogens is 388 g/mol. The van der Waals surface area contributed by atoms with Gasteiger partial charge in [0.25, 0.3) is 0 Å². The van der Waals surface area contributed by atoms with Crippen LogP contribution in [0.15, 0.2) is 12.2 Å². The highest BCUT2D eigenvalue weighted by atomic mass is 16.7. The van der Waals surface area contributed by atoms with Crippen LogP contribution in [0.5, 0.6) is 0 Å². The molecule has 29 heavy (non-hydrogen) atoms. The van der Waals surface area contributed by atoms with E-state index in [2.05, 4.69) is 0 Å². The van der Waals surface area contributed by atoms with Gasteiger partial charge in [-0.05, 0) is 32.4 Å². The maximum absolute atomic E-state index is 11.4. The average molecular weight is 420 g/mol. The van der Waals surface area contributed by atoms with Crippen molar-refractivity contribution >= 4 is 5.78 Å². The molecule has 9 unspecified atom stereocenters. The molecular formula is C19H32O10. The molecule has 0 aromatic rings. The normalized spacial score (nSPS) is 48.0. The van der Waals surface area contributed by atoms with Crippen molar-refractivity contribution in [1.29, 1.82) is 0 Å². The number of ether oxygens (including phenoxy) is 2. The molecule has 10 heteroatoms. The highest BCUT2D eigenvalue weighted by Crippen LogP contribution is 2.51. The minimum Gasteiger partial charge on any atom is -0.394 e. The fourth-order valence-corrected chi connectivity index (χ4v) is 4.24.